The van der Waals surface area contributed by atoms with E-state index in [2.05, 4.69) is 4.98 Å². The fourth-order valence-electron chi connectivity index (χ4n) is 2.60. The molecule has 0 saturated carbocycles. The van der Waals surface area contributed by atoms with Crippen LogP contribution in [0.5, 0.6) is 23.0 Å². The van der Waals surface area contributed by atoms with Crippen molar-refractivity contribution in [3.8, 4) is 23.0 Å². The zero-order valence-electron chi connectivity index (χ0n) is 14.6. The Hall–Kier alpha value is -3.74. The van der Waals surface area contributed by atoms with Gasteiger partial charge in [-0.3, -0.25) is 9.59 Å². The minimum absolute atomic E-state index is 0.0238. The topological polar surface area (TPSA) is 109 Å². The number of pyridine rings is 1. The fourth-order valence-corrected chi connectivity index (χ4v) is 2.60. The van der Waals surface area contributed by atoms with E-state index in [0.29, 0.717) is 16.8 Å². The maximum Gasteiger partial charge on any atom is 0.255 e. The van der Waals surface area contributed by atoms with E-state index in [9.17, 15) is 19.8 Å². The highest BCUT2D eigenvalue weighted by Gasteiger charge is 2.13. The molecule has 7 nitrogen and oxygen atoms in total. The zero-order chi connectivity index (χ0) is 19.6. The van der Waals surface area contributed by atoms with Gasteiger partial charge in [-0.2, -0.15) is 0 Å². The standard InChI is InChI=1S/C20H17NO6/c1-26-14-5-3-11-7-12(20(25)21-15(11)10-14)4-6-16(22)13-8-17(23)19(24)18(9-13)27-2/h3-10,23-24H,1-2H3,(H,21,25)/b6-4+. The van der Waals surface area contributed by atoms with Gasteiger partial charge in [0.1, 0.15) is 5.75 Å². The summed E-state index contributed by atoms with van der Waals surface area (Å²) in [6.45, 7) is 0. The number of benzene rings is 2. The van der Waals surface area contributed by atoms with Gasteiger partial charge in [-0.1, -0.05) is 0 Å². The van der Waals surface area contributed by atoms with Crippen LogP contribution in [0, 0.1) is 0 Å². The lowest BCUT2D eigenvalue weighted by molar-refractivity contribution is 0.104. The van der Waals surface area contributed by atoms with Crippen LogP contribution in [-0.2, 0) is 0 Å². The number of ketones is 1. The number of methoxy groups -OCH3 is 2. The Kier molecular flexibility index (Phi) is 4.85. The SMILES string of the molecule is COc1ccc2cc(/C=C/C(=O)c3cc(O)c(O)c(OC)c3)c(=O)[nH]c2c1. The molecule has 1 heterocycles. The zero-order valence-corrected chi connectivity index (χ0v) is 14.6. The van der Waals surface area contributed by atoms with Crippen molar-refractivity contribution in [2.75, 3.05) is 14.2 Å². The third-order valence-corrected chi connectivity index (χ3v) is 4.06. The normalized spacial score (nSPS) is 11.0. The summed E-state index contributed by atoms with van der Waals surface area (Å²) in [6, 6.07) is 9.37. The maximum atomic E-state index is 12.3. The van der Waals surface area contributed by atoms with Crippen molar-refractivity contribution in [3.63, 3.8) is 0 Å². The molecule has 0 aliphatic heterocycles. The molecule has 0 aliphatic carbocycles. The van der Waals surface area contributed by atoms with Gasteiger partial charge in [-0.05, 0) is 47.9 Å². The number of carbonyl (C=O) groups is 1. The number of allylic oxidation sites excluding steroid dienone is 1. The molecule has 0 saturated heterocycles. The summed E-state index contributed by atoms with van der Waals surface area (Å²) in [7, 11) is 2.85. The second-order valence-corrected chi connectivity index (χ2v) is 5.75. The van der Waals surface area contributed by atoms with Crippen LogP contribution >= 0.6 is 0 Å². The Balaban J connectivity index is 1.94. The fraction of sp³-hybridized carbons (Fsp3) is 0.100. The largest absolute Gasteiger partial charge is 0.504 e. The molecule has 0 unspecified atom stereocenters. The van der Waals surface area contributed by atoms with Crippen LogP contribution in [0.3, 0.4) is 0 Å². The number of nitrogens with one attached hydrogen (secondary N) is 1. The van der Waals surface area contributed by atoms with Gasteiger partial charge in [-0.25, -0.2) is 0 Å². The molecule has 138 valence electrons. The molecule has 0 atom stereocenters. The molecule has 0 radical (unpaired) electrons. The number of hydrogen-bond acceptors (Lipinski definition) is 6. The number of carbonyl (C=O) groups excluding carboxylic acids is 1. The van der Waals surface area contributed by atoms with Crippen molar-refractivity contribution in [2.45, 2.75) is 0 Å². The van der Waals surface area contributed by atoms with Crippen LogP contribution in [-0.4, -0.2) is 35.2 Å². The molecular formula is C20H17NO6. The lowest BCUT2D eigenvalue weighted by Crippen LogP contribution is -2.09. The van der Waals surface area contributed by atoms with Gasteiger partial charge in [0.2, 0.25) is 5.75 Å². The molecule has 7 heteroatoms. The summed E-state index contributed by atoms with van der Waals surface area (Å²) < 4.78 is 10.0. The Morgan fingerprint density at radius 1 is 1.07 bits per heavy atom. The number of H-pyrrole nitrogens is 1. The number of phenols is 2. The number of hydrogen-bond donors (Lipinski definition) is 3. The predicted molar refractivity (Wildman–Crippen MR) is 101 cm³/mol. The van der Waals surface area contributed by atoms with Crippen molar-refractivity contribution in [2.24, 2.45) is 0 Å². The van der Waals surface area contributed by atoms with Crippen molar-refractivity contribution in [1.29, 1.82) is 0 Å². The van der Waals surface area contributed by atoms with E-state index in [1.165, 1.54) is 32.4 Å². The van der Waals surface area contributed by atoms with Gasteiger partial charge in [-0.15, -0.1) is 0 Å². The third kappa shape index (κ3) is 3.62. The molecule has 2 aromatic carbocycles. The third-order valence-electron chi connectivity index (χ3n) is 4.06. The van der Waals surface area contributed by atoms with Crippen LogP contribution < -0.4 is 15.0 Å². The average molecular weight is 367 g/mol. The van der Waals surface area contributed by atoms with E-state index >= 15 is 0 Å². The Labute approximate surface area is 154 Å². The Bertz CT molecular complexity index is 1110. The molecule has 0 fully saturated rings. The minimum atomic E-state index is -0.469. The average Bonchev–Trinajstić information content (AvgIpc) is 2.67. The van der Waals surface area contributed by atoms with E-state index in [1.54, 1.807) is 24.3 Å². The first-order chi connectivity index (χ1) is 12.9. The van der Waals surface area contributed by atoms with Crippen LogP contribution in [0.15, 0.2) is 47.3 Å². The number of rotatable bonds is 5. The van der Waals surface area contributed by atoms with Crippen LogP contribution in [0.4, 0.5) is 0 Å². The lowest BCUT2D eigenvalue weighted by Gasteiger charge is -2.07. The van der Waals surface area contributed by atoms with Gasteiger partial charge >= 0.3 is 0 Å². The van der Waals surface area contributed by atoms with Crippen molar-refractivity contribution in [1.82, 2.24) is 4.98 Å². The van der Waals surface area contributed by atoms with Gasteiger partial charge in [0.25, 0.3) is 5.56 Å². The molecule has 0 spiro atoms. The highest BCUT2D eigenvalue weighted by molar-refractivity contribution is 6.07. The first-order valence-electron chi connectivity index (χ1n) is 7.96. The highest BCUT2D eigenvalue weighted by atomic mass is 16.5. The minimum Gasteiger partial charge on any atom is -0.504 e. The smallest absolute Gasteiger partial charge is 0.255 e. The lowest BCUT2D eigenvalue weighted by atomic mass is 10.1. The van der Waals surface area contributed by atoms with Gasteiger partial charge in [0.15, 0.2) is 17.3 Å². The molecule has 1 aromatic heterocycles. The van der Waals surface area contributed by atoms with Crippen LogP contribution in [0.1, 0.15) is 15.9 Å². The molecule has 3 N–H and O–H groups in total. The van der Waals surface area contributed by atoms with Crippen molar-refractivity contribution < 1.29 is 24.5 Å². The molecule has 27 heavy (non-hydrogen) atoms. The molecule has 3 aromatic rings. The summed E-state index contributed by atoms with van der Waals surface area (Å²) in [4.78, 5) is 27.3. The Morgan fingerprint density at radius 3 is 2.56 bits per heavy atom. The van der Waals surface area contributed by atoms with E-state index in [1.807, 2.05) is 0 Å². The monoisotopic (exact) mass is 367 g/mol. The highest BCUT2D eigenvalue weighted by Crippen LogP contribution is 2.36. The number of aromatic nitrogens is 1. The molecular weight excluding hydrogens is 350 g/mol. The first-order valence-corrected chi connectivity index (χ1v) is 7.96. The van der Waals surface area contributed by atoms with Gasteiger partial charge in [0, 0.05) is 17.2 Å². The second kappa shape index (κ2) is 7.25. The first kappa shape index (κ1) is 18.1. The second-order valence-electron chi connectivity index (χ2n) is 5.75. The quantitative estimate of drug-likeness (QED) is 0.363. The Morgan fingerprint density at radius 2 is 1.85 bits per heavy atom. The van der Waals surface area contributed by atoms with E-state index < -0.39 is 17.3 Å². The van der Waals surface area contributed by atoms with Crippen molar-refractivity contribution in [3.05, 3.63) is 64.0 Å². The number of fused-ring (bicyclic) bond motifs is 1. The predicted octanol–water partition coefficient (Wildman–Crippen LogP) is 2.85. The molecule has 0 aliphatic rings. The summed E-state index contributed by atoms with van der Waals surface area (Å²) >= 11 is 0. The van der Waals surface area contributed by atoms with Gasteiger partial charge in [0.05, 0.1) is 19.7 Å². The molecule has 0 bridgehead atoms. The molecule has 3 rings (SSSR count). The van der Waals surface area contributed by atoms with Crippen LogP contribution in [0.2, 0.25) is 0 Å². The molecule has 0 amide bonds. The van der Waals surface area contributed by atoms with Gasteiger partial charge < -0.3 is 24.7 Å². The number of ether oxygens (including phenoxy) is 2. The van der Waals surface area contributed by atoms with Crippen molar-refractivity contribution >= 4 is 22.8 Å². The summed E-state index contributed by atoms with van der Waals surface area (Å²) in [5.41, 5.74) is 0.679. The summed E-state index contributed by atoms with van der Waals surface area (Å²) in [5.74, 6) is -0.775. The number of aromatic amines is 1. The number of phenolic OH excluding ortho intramolecular Hbond substituents is 2. The van der Waals surface area contributed by atoms with Crippen LogP contribution in [0.25, 0.3) is 17.0 Å². The maximum absolute atomic E-state index is 12.3. The van der Waals surface area contributed by atoms with E-state index in [4.69, 9.17) is 9.47 Å². The summed E-state index contributed by atoms with van der Waals surface area (Å²) in [6.07, 6.45) is 2.60. The van der Waals surface area contributed by atoms with E-state index in [-0.39, 0.29) is 16.9 Å². The summed E-state index contributed by atoms with van der Waals surface area (Å²) in [5, 5.41) is 20.1. The van der Waals surface area contributed by atoms with E-state index in [0.717, 1.165) is 11.5 Å². The number of aromatic hydroxyl groups is 2.